The lowest BCUT2D eigenvalue weighted by Crippen LogP contribution is -2.21. The summed E-state index contributed by atoms with van der Waals surface area (Å²) in [7, 11) is 4.00. The number of hydrogen-bond acceptors (Lipinski definition) is 3. The molecule has 112 valence electrons. The van der Waals surface area contributed by atoms with Crippen LogP contribution in [0.1, 0.15) is 17.2 Å². The van der Waals surface area contributed by atoms with E-state index in [-0.39, 0.29) is 6.04 Å². The van der Waals surface area contributed by atoms with Crippen LogP contribution in [0.2, 0.25) is 0 Å². The molecule has 0 aliphatic carbocycles. The molecular weight excluding hydrogens is 272 g/mol. The average molecular weight is 292 g/mol. The number of benzene rings is 3. The number of anilines is 1. The number of rotatable bonds is 3. The Kier molecular flexibility index (Phi) is 3.73. The van der Waals surface area contributed by atoms with Gasteiger partial charge in [0.2, 0.25) is 0 Å². The minimum atomic E-state index is -0.0480. The summed E-state index contributed by atoms with van der Waals surface area (Å²) in [6.07, 6.45) is 0. The third kappa shape index (κ3) is 2.40. The molecule has 0 fully saturated rings. The predicted octanol–water partition coefficient (Wildman–Crippen LogP) is 3.78. The van der Waals surface area contributed by atoms with E-state index in [1.807, 2.05) is 62.6 Å². The maximum atomic E-state index is 10.8. The second kappa shape index (κ2) is 5.70. The molecule has 0 saturated carbocycles. The Balaban J connectivity index is 2.25. The largest absolute Gasteiger partial charge is 0.507 e. The summed E-state index contributed by atoms with van der Waals surface area (Å²) in [5.41, 5.74) is 8.85. The molecule has 3 aromatic rings. The van der Waals surface area contributed by atoms with Gasteiger partial charge in [-0.15, -0.1) is 0 Å². The van der Waals surface area contributed by atoms with Gasteiger partial charge >= 0.3 is 0 Å². The van der Waals surface area contributed by atoms with Gasteiger partial charge in [-0.05, 0) is 25.7 Å². The van der Waals surface area contributed by atoms with Crippen LogP contribution in [0, 0.1) is 0 Å². The Hall–Kier alpha value is -2.52. The molecular formula is C19H20N2O. The van der Waals surface area contributed by atoms with Crippen molar-refractivity contribution in [2.45, 2.75) is 6.04 Å². The maximum absolute atomic E-state index is 10.8. The lowest BCUT2D eigenvalue weighted by Gasteiger charge is -2.27. The van der Waals surface area contributed by atoms with E-state index in [9.17, 15) is 5.11 Å². The zero-order valence-electron chi connectivity index (χ0n) is 12.8. The van der Waals surface area contributed by atoms with Crippen LogP contribution < -0.4 is 5.73 Å². The van der Waals surface area contributed by atoms with Crippen molar-refractivity contribution in [2.75, 3.05) is 19.8 Å². The van der Waals surface area contributed by atoms with Gasteiger partial charge in [-0.3, -0.25) is 4.90 Å². The highest BCUT2D eigenvalue weighted by molar-refractivity contribution is 5.98. The second-order valence-corrected chi connectivity index (χ2v) is 5.73. The summed E-state index contributed by atoms with van der Waals surface area (Å²) in [5, 5.41) is 12.4. The minimum Gasteiger partial charge on any atom is -0.507 e. The summed E-state index contributed by atoms with van der Waals surface area (Å²) in [5.74, 6) is 0.298. The van der Waals surface area contributed by atoms with Crippen molar-refractivity contribution >= 4 is 16.5 Å². The molecule has 0 spiro atoms. The summed E-state index contributed by atoms with van der Waals surface area (Å²) >= 11 is 0. The lowest BCUT2D eigenvalue weighted by atomic mass is 9.93. The van der Waals surface area contributed by atoms with Crippen LogP contribution in [-0.2, 0) is 0 Å². The van der Waals surface area contributed by atoms with Gasteiger partial charge in [-0.1, -0.05) is 54.6 Å². The van der Waals surface area contributed by atoms with Crippen molar-refractivity contribution in [3.05, 3.63) is 71.8 Å². The summed E-state index contributed by atoms with van der Waals surface area (Å²) in [4.78, 5) is 2.08. The molecule has 0 aliphatic heterocycles. The van der Waals surface area contributed by atoms with E-state index in [0.717, 1.165) is 21.9 Å². The van der Waals surface area contributed by atoms with E-state index in [1.165, 1.54) is 0 Å². The molecule has 0 heterocycles. The van der Waals surface area contributed by atoms with Gasteiger partial charge in [0.15, 0.2) is 0 Å². The van der Waals surface area contributed by atoms with Crippen molar-refractivity contribution in [3.63, 3.8) is 0 Å². The predicted molar refractivity (Wildman–Crippen MR) is 92.0 cm³/mol. The average Bonchev–Trinajstić information content (AvgIpc) is 2.53. The van der Waals surface area contributed by atoms with Crippen molar-refractivity contribution in [1.29, 1.82) is 0 Å². The molecule has 0 bridgehead atoms. The third-order valence-electron chi connectivity index (χ3n) is 4.00. The highest BCUT2D eigenvalue weighted by Crippen LogP contribution is 2.40. The molecule has 3 aromatic carbocycles. The molecule has 3 N–H and O–H groups in total. The van der Waals surface area contributed by atoms with Crippen LogP contribution in [0.15, 0.2) is 60.7 Å². The number of fused-ring (bicyclic) bond motifs is 1. The van der Waals surface area contributed by atoms with Gasteiger partial charge in [-0.2, -0.15) is 0 Å². The summed E-state index contributed by atoms with van der Waals surface area (Å²) < 4.78 is 0. The molecule has 0 saturated heterocycles. The van der Waals surface area contributed by atoms with Gasteiger partial charge in [0, 0.05) is 22.0 Å². The number of phenolic OH excluding ortho intramolecular Hbond substituents is 1. The van der Waals surface area contributed by atoms with Crippen LogP contribution in [0.3, 0.4) is 0 Å². The molecule has 0 aromatic heterocycles. The van der Waals surface area contributed by atoms with Crippen molar-refractivity contribution in [1.82, 2.24) is 4.90 Å². The molecule has 0 radical (unpaired) electrons. The molecule has 3 heteroatoms. The standard InChI is InChI=1S/C19H20N2O/c1-21(2)18(13-8-4-3-5-9-13)16-12-17(20)14-10-6-7-11-15(14)19(16)22/h3-12,18,22H,20H2,1-2H3/t18-/m1/s1. The maximum Gasteiger partial charge on any atom is 0.128 e. The summed E-state index contributed by atoms with van der Waals surface area (Å²) in [6.45, 7) is 0. The van der Waals surface area contributed by atoms with Gasteiger partial charge in [0.1, 0.15) is 5.75 Å². The number of nitrogen functional groups attached to an aromatic ring is 1. The Morgan fingerprint density at radius 2 is 1.50 bits per heavy atom. The van der Waals surface area contributed by atoms with Crippen LogP contribution in [0.5, 0.6) is 5.75 Å². The van der Waals surface area contributed by atoms with Crippen LogP contribution in [0.4, 0.5) is 5.69 Å². The first-order valence-electron chi connectivity index (χ1n) is 7.31. The van der Waals surface area contributed by atoms with Crippen LogP contribution >= 0.6 is 0 Å². The SMILES string of the molecule is CN(C)[C@H](c1ccccc1)c1cc(N)c2ccccc2c1O. The first-order valence-corrected chi connectivity index (χ1v) is 7.31. The molecule has 22 heavy (non-hydrogen) atoms. The van der Waals surface area contributed by atoms with Crippen LogP contribution in [-0.4, -0.2) is 24.1 Å². The number of hydrogen-bond donors (Lipinski definition) is 2. The van der Waals surface area contributed by atoms with Gasteiger partial charge < -0.3 is 10.8 Å². The van der Waals surface area contributed by atoms with E-state index in [0.29, 0.717) is 11.4 Å². The molecule has 3 rings (SSSR count). The third-order valence-corrected chi connectivity index (χ3v) is 4.00. The van der Waals surface area contributed by atoms with E-state index < -0.39 is 0 Å². The highest BCUT2D eigenvalue weighted by Gasteiger charge is 2.22. The minimum absolute atomic E-state index is 0.0480. The Morgan fingerprint density at radius 1 is 0.909 bits per heavy atom. The Morgan fingerprint density at radius 3 is 2.14 bits per heavy atom. The Labute approximate surface area is 130 Å². The topological polar surface area (TPSA) is 49.5 Å². The highest BCUT2D eigenvalue weighted by atomic mass is 16.3. The number of nitrogens with zero attached hydrogens (tertiary/aromatic N) is 1. The Bertz CT molecular complexity index is 797. The van der Waals surface area contributed by atoms with E-state index in [4.69, 9.17) is 5.73 Å². The normalized spacial score (nSPS) is 12.7. The fourth-order valence-corrected chi connectivity index (χ4v) is 3.01. The molecule has 0 amide bonds. The molecule has 0 unspecified atom stereocenters. The first kappa shape index (κ1) is 14.4. The molecule has 0 aliphatic rings. The van der Waals surface area contributed by atoms with E-state index in [1.54, 1.807) is 0 Å². The van der Waals surface area contributed by atoms with Gasteiger partial charge in [0.25, 0.3) is 0 Å². The van der Waals surface area contributed by atoms with E-state index >= 15 is 0 Å². The molecule has 1 atom stereocenters. The number of aromatic hydroxyl groups is 1. The fraction of sp³-hybridized carbons (Fsp3) is 0.158. The van der Waals surface area contributed by atoms with Crippen molar-refractivity contribution < 1.29 is 5.11 Å². The smallest absolute Gasteiger partial charge is 0.128 e. The quantitative estimate of drug-likeness (QED) is 0.570. The van der Waals surface area contributed by atoms with E-state index in [2.05, 4.69) is 17.0 Å². The number of phenols is 1. The summed E-state index contributed by atoms with van der Waals surface area (Å²) in [6, 6.07) is 19.7. The van der Waals surface area contributed by atoms with Crippen molar-refractivity contribution in [3.8, 4) is 5.75 Å². The zero-order valence-corrected chi connectivity index (χ0v) is 12.8. The monoisotopic (exact) mass is 292 g/mol. The van der Waals surface area contributed by atoms with Gasteiger partial charge in [-0.25, -0.2) is 0 Å². The van der Waals surface area contributed by atoms with Gasteiger partial charge in [0.05, 0.1) is 6.04 Å². The zero-order chi connectivity index (χ0) is 15.7. The first-order chi connectivity index (χ1) is 10.6. The second-order valence-electron chi connectivity index (χ2n) is 5.73. The fourth-order valence-electron chi connectivity index (χ4n) is 3.01. The van der Waals surface area contributed by atoms with Crippen LogP contribution in [0.25, 0.3) is 10.8 Å². The molecule has 3 nitrogen and oxygen atoms in total. The van der Waals surface area contributed by atoms with Crippen molar-refractivity contribution in [2.24, 2.45) is 0 Å². The lowest BCUT2D eigenvalue weighted by molar-refractivity contribution is 0.332. The number of nitrogens with two attached hydrogens (primary N) is 1.